The van der Waals surface area contributed by atoms with Gasteiger partial charge in [0.2, 0.25) is 17.8 Å². The number of carbonyl (C=O) groups excluding carboxylic acids is 1. The van der Waals surface area contributed by atoms with E-state index in [2.05, 4.69) is 25.6 Å². The van der Waals surface area contributed by atoms with Gasteiger partial charge in [-0.05, 0) is 20.8 Å². The Hall–Kier alpha value is -2.16. The fourth-order valence-corrected chi connectivity index (χ4v) is 1.39. The maximum absolute atomic E-state index is 11.8. The lowest BCUT2D eigenvalue weighted by molar-refractivity contribution is -0.121. The standard InChI is InChI=1S/C12H22N6O3/c1-7(2)21-12-17-10(13)16-11(18-12)15-8(3)9(19)14-5-6-20-4/h7-8H,5-6H2,1-4H3,(H,14,19)(H3,13,15,16,17,18). The molecule has 1 atom stereocenters. The number of nitrogens with one attached hydrogen (secondary N) is 2. The Morgan fingerprint density at radius 2 is 2.00 bits per heavy atom. The van der Waals surface area contributed by atoms with Gasteiger partial charge in [-0.2, -0.15) is 15.0 Å². The summed E-state index contributed by atoms with van der Waals surface area (Å²) in [6, 6.07) is -0.414. The molecule has 21 heavy (non-hydrogen) atoms. The topological polar surface area (TPSA) is 124 Å². The third kappa shape index (κ3) is 6.21. The largest absolute Gasteiger partial charge is 0.461 e. The first-order chi connectivity index (χ1) is 9.92. The van der Waals surface area contributed by atoms with E-state index >= 15 is 0 Å². The van der Waals surface area contributed by atoms with Crippen molar-refractivity contribution in [3.8, 4) is 6.01 Å². The van der Waals surface area contributed by atoms with Gasteiger partial charge in [0.05, 0.1) is 12.7 Å². The van der Waals surface area contributed by atoms with Crippen LogP contribution in [0.5, 0.6) is 6.01 Å². The Balaban J connectivity index is 2.64. The second kappa shape index (κ2) is 8.20. The van der Waals surface area contributed by atoms with E-state index in [-0.39, 0.29) is 29.9 Å². The molecule has 9 nitrogen and oxygen atoms in total. The maximum Gasteiger partial charge on any atom is 0.323 e. The Morgan fingerprint density at radius 1 is 1.29 bits per heavy atom. The molecule has 0 radical (unpaired) electrons. The van der Waals surface area contributed by atoms with Gasteiger partial charge < -0.3 is 25.8 Å². The van der Waals surface area contributed by atoms with Crippen molar-refractivity contribution >= 4 is 17.8 Å². The SMILES string of the molecule is COCCNC(=O)C(C)Nc1nc(N)nc(OC(C)C)n1. The van der Waals surface area contributed by atoms with Gasteiger partial charge in [-0.1, -0.05) is 0 Å². The molecule has 1 heterocycles. The van der Waals surface area contributed by atoms with Crippen molar-refractivity contribution in [3.63, 3.8) is 0 Å². The molecule has 4 N–H and O–H groups in total. The van der Waals surface area contributed by atoms with Gasteiger partial charge in [0.1, 0.15) is 6.04 Å². The minimum Gasteiger partial charge on any atom is -0.461 e. The summed E-state index contributed by atoms with van der Waals surface area (Å²) in [7, 11) is 1.57. The van der Waals surface area contributed by atoms with Gasteiger partial charge in [0.15, 0.2) is 0 Å². The summed E-state index contributed by atoms with van der Waals surface area (Å²) in [6.07, 6.45) is -0.0885. The van der Waals surface area contributed by atoms with Gasteiger partial charge in [-0.3, -0.25) is 4.79 Å². The van der Waals surface area contributed by atoms with Crippen LogP contribution in [0.15, 0.2) is 0 Å². The molecule has 0 aliphatic carbocycles. The van der Waals surface area contributed by atoms with Crippen LogP contribution in [0.2, 0.25) is 0 Å². The van der Waals surface area contributed by atoms with Crippen molar-refractivity contribution in [1.29, 1.82) is 0 Å². The van der Waals surface area contributed by atoms with Crippen LogP contribution in [0.25, 0.3) is 0 Å². The molecule has 0 aliphatic rings. The number of nitrogens with zero attached hydrogens (tertiary/aromatic N) is 3. The van der Waals surface area contributed by atoms with Crippen LogP contribution in [0.4, 0.5) is 11.9 Å². The molecule has 0 aliphatic heterocycles. The molecule has 118 valence electrons. The summed E-state index contributed by atoms with van der Waals surface area (Å²) in [5.74, 6) is 0.0139. The van der Waals surface area contributed by atoms with Gasteiger partial charge in [0, 0.05) is 13.7 Å². The van der Waals surface area contributed by atoms with E-state index in [9.17, 15) is 4.79 Å². The average Bonchev–Trinajstić information content (AvgIpc) is 2.37. The van der Waals surface area contributed by atoms with E-state index in [4.69, 9.17) is 15.2 Å². The summed E-state index contributed by atoms with van der Waals surface area (Å²) in [5, 5.41) is 5.55. The first-order valence-electron chi connectivity index (χ1n) is 6.63. The number of amides is 1. The number of aromatic nitrogens is 3. The summed E-state index contributed by atoms with van der Waals surface area (Å²) < 4.78 is 10.2. The van der Waals surface area contributed by atoms with Crippen molar-refractivity contribution in [3.05, 3.63) is 0 Å². The molecule has 1 amide bonds. The van der Waals surface area contributed by atoms with Crippen molar-refractivity contribution < 1.29 is 14.3 Å². The highest BCUT2D eigenvalue weighted by atomic mass is 16.5. The molecule has 1 aromatic rings. The van der Waals surface area contributed by atoms with Crippen molar-refractivity contribution in [2.45, 2.75) is 32.9 Å². The predicted octanol–water partition coefficient (Wildman–Crippen LogP) is -0.196. The highest BCUT2D eigenvalue weighted by Crippen LogP contribution is 2.11. The van der Waals surface area contributed by atoms with Crippen LogP contribution in [0.1, 0.15) is 20.8 Å². The van der Waals surface area contributed by atoms with Gasteiger partial charge in [-0.15, -0.1) is 0 Å². The van der Waals surface area contributed by atoms with E-state index in [1.807, 2.05) is 13.8 Å². The second-order valence-corrected chi connectivity index (χ2v) is 4.62. The highest BCUT2D eigenvalue weighted by molar-refractivity contribution is 5.83. The second-order valence-electron chi connectivity index (χ2n) is 4.62. The van der Waals surface area contributed by atoms with Crippen LogP contribution < -0.4 is 21.1 Å². The monoisotopic (exact) mass is 298 g/mol. The zero-order chi connectivity index (χ0) is 15.8. The van der Waals surface area contributed by atoms with Crippen LogP contribution in [-0.4, -0.2) is 53.3 Å². The van der Waals surface area contributed by atoms with E-state index in [1.54, 1.807) is 14.0 Å². The Labute approximate surface area is 123 Å². The zero-order valence-corrected chi connectivity index (χ0v) is 12.7. The molecule has 0 aromatic carbocycles. The number of anilines is 2. The lowest BCUT2D eigenvalue weighted by Gasteiger charge is -2.15. The van der Waals surface area contributed by atoms with E-state index < -0.39 is 6.04 Å². The minimum atomic E-state index is -0.532. The number of methoxy groups -OCH3 is 1. The molecule has 0 spiro atoms. The number of nitrogens with two attached hydrogens (primary N) is 1. The fourth-order valence-electron chi connectivity index (χ4n) is 1.39. The molecule has 9 heteroatoms. The molecule has 0 saturated heterocycles. The number of carbonyl (C=O) groups is 1. The van der Waals surface area contributed by atoms with Crippen molar-refractivity contribution in [2.75, 3.05) is 31.3 Å². The third-order valence-corrected chi connectivity index (χ3v) is 2.32. The Morgan fingerprint density at radius 3 is 2.62 bits per heavy atom. The van der Waals surface area contributed by atoms with Gasteiger partial charge >= 0.3 is 6.01 Å². The van der Waals surface area contributed by atoms with Crippen molar-refractivity contribution in [1.82, 2.24) is 20.3 Å². The molecular weight excluding hydrogens is 276 g/mol. The summed E-state index contributed by atoms with van der Waals surface area (Å²) in [4.78, 5) is 23.6. The lowest BCUT2D eigenvalue weighted by atomic mass is 10.3. The van der Waals surface area contributed by atoms with E-state index in [0.717, 1.165) is 0 Å². The first kappa shape index (κ1) is 16.9. The average molecular weight is 298 g/mol. The summed E-state index contributed by atoms with van der Waals surface area (Å²) in [6.45, 7) is 6.26. The molecular formula is C12H22N6O3. The number of rotatable bonds is 8. The lowest BCUT2D eigenvalue weighted by Crippen LogP contribution is -2.39. The predicted molar refractivity (Wildman–Crippen MR) is 78.0 cm³/mol. The highest BCUT2D eigenvalue weighted by Gasteiger charge is 2.15. The molecule has 1 rings (SSSR count). The molecule has 1 aromatic heterocycles. The number of hydrogen-bond acceptors (Lipinski definition) is 8. The molecule has 0 fully saturated rings. The maximum atomic E-state index is 11.8. The summed E-state index contributed by atoms with van der Waals surface area (Å²) in [5.41, 5.74) is 5.59. The van der Waals surface area contributed by atoms with Gasteiger partial charge in [-0.25, -0.2) is 0 Å². The molecule has 0 saturated carbocycles. The molecule has 1 unspecified atom stereocenters. The zero-order valence-electron chi connectivity index (χ0n) is 12.7. The fraction of sp³-hybridized carbons (Fsp3) is 0.667. The summed E-state index contributed by atoms with van der Waals surface area (Å²) >= 11 is 0. The van der Waals surface area contributed by atoms with Crippen LogP contribution in [0.3, 0.4) is 0 Å². The molecule has 0 bridgehead atoms. The van der Waals surface area contributed by atoms with Crippen molar-refractivity contribution in [2.24, 2.45) is 0 Å². The van der Waals surface area contributed by atoms with E-state index in [0.29, 0.717) is 13.2 Å². The number of nitrogen functional groups attached to an aromatic ring is 1. The third-order valence-electron chi connectivity index (χ3n) is 2.32. The van der Waals surface area contributed by atoms with E-state index in [1.165, 1.54) is 0 Å². The Kier molecular flexibility index (Phi) is 6.60. The van der Waals surface area contributed by atoms with Gasteiger partial charge in [0.25, 0.3) is 0 Å². The number of hydrogen-bond donors (Lipinski definition) is 3. The van der Waals surface area contributed by atoms with Crippen LogP contribution in [0, 0.1) is 0 Å². The first-order valence-corrected chi connectivity index (χ1v) is 6.63. The minimum absolute atomic E-state index is 0.0233. The van der Waals surface area contributed by atoms with Crippen LogP contribution in [-0.2, 0) is 9.53 Å². The van der Waals surface area contributed by atoms with Crippen LogP contribution >= 0.6 is 0 Å². The normalized spacial score (nSPS) is 12.0. The smallest absolute Gasteiger partial charge is 0.323 e. The quantitative estimate of drug-likeness (QED) is 0.564. The Bertz CT molecular complexity index is 468. The number of ether oxygens (including phenoxy) is 2.